The Bertz CT molecular complexity index is 592. The van der Waals surface area contributed by atoms with Gasteiger partial charge >= 0.3 is 11.7 Å². The van der Waals surface area contributed by atoms with Gasteiger partial charge in [0.25, 0.3) is 0 Å². The van der Waals surface area contributed by atoms with Crippen molar-refractivity contribution in [2.24, 2.45) is 0 Å². The van der Waals surface area contributed by atoms with Crippen LogP contribution in [-0.4, -0.2) is 25.8 Å². The van der Waals surface area contributed by atoms with Crippen molar-refractivity contribution in [1.82, 2.24) is 9.78 Å². The minimum Gasteiger partial charge on any atom is -0.476 e. The Morgan fingerprint density at radius 3 is 2.61 bits per heavy atom. The first-order valence-electron chi connectivity index (χ1n) is 5.07. The SMILES string of the molecule is O=C(O)c1c([N+](=O)[O-])cnn1Cc1ccccc1. The van der Waals surface area contributed by atoms with Crippen LogP contribution in [0, 0.1) is 10.1 Å². The first kappa shape index (κ1) is 11.8. The predicted molar refractivity (Wildman–Crippen MR) is 61.4 cm³/mol. The van der Waals surface area contributed by atoms with Crippen LogP contribution in [0.5, 0.6) is 0 Å². The fourth-order valence-corrected chi connectivity index (χ4v) is 1.61. The molecular weight excluding hydrogens is 238 g/mol. The number of hydrogen-bond donors (Lipinski definition) is 1. The van der Waals surface area contributed by atoms with E-state index in [0.717, 1.165) is 16.4 Å². The molecule has 0 spiro atoms. The van der Waals surface area contributed by atoms with Gasteiger partial charge in [-0.3, -0.25) is 10.1 Å². The molecule has 7 nitrogen and oxygen atoms in total. The summed E-state index contributed by atoms with van der Waals surface area (Å²) in [6, 6.07) is 9.01. The largest absolute Gasteiger partial charge is 0.476 e. The summed E-state index contributed by atoms with van der Waals surface area (Å²) in [6.45, 7) is 0.177. The van der Waals surface area contributed by atoms with Gasteiger partial charge in [0.15, 0.2) is 0 Å². The average molecular weight is 247 g/mol. The molecule has 0 aliphatic heterocycles. The minimum atomic E-state index is -1.37. The Kier molecular flexibility index (Phi) is 3.05. The highest BCUT2D eigenvalue weighted by Crippen LogP contribution is 2.18. The standard InChI is InChI=1S/C11H9N3O4/c15-11(16)10-9(14(17)18)6-12-13(10)7-8-4-2-1-3-5-8/h1-6H,7H2,(H,15,16). The highest BCUT2D eigenvalue weighted by molar-refractivity contribution is 5.90. The Morgan fingerprint density at radius 1 is 1.39 bits per heavy atom. The van der Waals surface area contributed by atoms with Crippen LogP contribution >= 0.6 is 0 Å². The molecule has 1 aromatic carbocycles. The number of nitro groups is 1. The van der Waals surface area contributed by atoms with E-state index in [2.05, 4.69) is 5.10 Å². The summed E-state index contributed by atoms with van der Waals surface area (Å²) in [5.41, 5.74) is -0.0970. The van der Waals surface area contributed by atoms with E-state index in [4.69, 9.17) is 5.11 Å². The molecule has 1 heterocycles. The lowest BCUT2D eigenvalue weighted by atomic mass is 10.2. The second kappa shape index (κ2) is 4.66. The van der Waals surface area contributed by atoms with E-state index in [1.54, 1.807) is 24.3 Å². The summed E-state index contributed by atoms with van der Waals surface area (Å²) in [5.74, 6) is -1.37. The molecule has 0 fully saturated rings. The van der Waals surface area contributed by atoms with E-state index < -0.39 is 22.3 Å². The normalized spacial score (nSPS) is 10.2. The lowest BCUT2D eigenvalue weighted by molar-refractivity contribution is -0.385. The molecule has 0 atom stereocenters. The van der Waals surface area contributed by atoms with Gasteiger partial charge in [-0.05, 0) is 5.56 Å². The third kappa shape index (κ3) is 2.19. The van der Waals surface area contributed by atoms with Gasteiger partial charge < -0.3 is 5.11 Å². The monoisotopic (exact) mass is 247 g/mol. The molecule has 18 heavy (non-hydrogen) atoms. The number of aromatic nitrogens is 2. The van der Waals surface area contributed by atoms with Crippen molar-refractivity contribution in [3.05, 3.63) is 57.9 Å². The molecule has 0 aliphatic rings. The zero-order valence-corrected chi connectivity index (χ0v) is 9.18. The third-order valence-electron chi connectivity index (χ3n) is 2.39. The van der Waals surface area contributed by atoms with E-state index in [-0.39, 0.29) is 6.54 Å². The smallest absolute Gasteiger partial charge is 0.361 e. The van der Waals surface area contributed by atoms with Crippen LogP contribution < -0.4 is 0 Å². The Hall–Kier alpha value is -2.70. The van der Waals surface area contributed by atoms with E-state index >= 15 is 0 Å². The topological polar surface area (TPSA) is 98.3 Å². The van der Waals surface area contributed by atoms with Crippen LogP contribution in [0.4, 0.5) is 5.69 Å². The number of aromatic carboxylic acids is 1. The Morgan fingerprint density at radius 2 is 2.06 bits per heavy atom. The van der Waals surface area contributed by atoms with E-state index in [0.29, 0.717) is 0 Å². The van der Waals surface area contributed by atoms with Crippen LogP contribution in [0.15, 0.2) is 36.5 Å². The van der Waals surface area contributed by atoms with Crippen molar-refractivity contribution in [3.63, 3.8) is 0 Å². The zero-order valence-electron chi connectivity index (χ0n) is 9.18. The molecule has 2 aromatic rings. The molecule has 92 valence electrons. The van der Waals surface area contributed by atoms with Gasteiger partial charge in [0.2, 0.25) is 5.69 Å². The van der Waals surface area contributed by atoms with Gasteiger partial charge in [-0.1, -0.05) is 30.3 Å². The maximum Gasteiger partial charge on any atom is 0.361 e. The van der Waals surface area contributed by atoms with Crippen molar-refractivity contribution >= 4 is 11.7 Å². The maximum atomic E-state index is 11.0. The molecule has 1 N–H and O–H groups in total. The minimum absolute atomic E-state index is 0.177. The van der Waals surface area contributed by atoms with Gasteiger partial charge in [0.1, 0.15) is 6.20 Å². The summed E-state index contributed by atoms with van der Waals surface area (Å²) in [6.07, 6.45) is 0.951. The van der Waals surface area contributed by atoms with Gasteiger partial charge in [-0.25, -0.2) is 9.48 Å². The number of carbonyl (C=O) groups is 1. The Balaban J connectivity index is 2.40. The fraction of sp³-hybridized carbons (Fsp3) is 0.0909. The van der Waals surface area contributed by atoms with Gasteiger partial charge in [0, 0.05) is 0 Å². The highest BCUT2D eigenvalue weighted by Gasteiger charge is 2.26. The maximum absolute atomic E-state index is 11.0. The van der Waals surface area contributed by atoms with Crippen molar-refractivity contribution in [1.29, 1.82) is 0 Å². The fourth-order valence-electron chi connectivity index (χ4n) is 1.61. The van der Waals surface area contributed by atoms with Crippen LogP contribution in [0.25, 0.3) is 0 Å². The molecule has 0 saturated carbocycles. The summed E-state index contributed by atoms with van der Waals surface area (Å²) in [7, 11) is 0. The zero-order chi connectivity index (χ0) is 13.1. The first-order chi connectivity index (χ1) is 8.59. The number of carboxylic acid groups (broad SMARTS) is 1. The van der Waals surface area contributed by atoms with E-state index in [1.807, 2.05) is 6.07 Å². The lowest BCUT2D eigenvalue weighted by Crippen LogP contribution is -2.12. The summed E-state index contributed by atoms with van der Waals surface area (Å²) < 4.78 is 1.11. The highest BCUT2D eigenvalue weighted by atomic mass is 16.6. The van der Waals surface area contributed by atoms with Gasteiger partial charge in [-0.15, -0.1) is 0 Å². The van der Waals surface area contributed by atoms with Crippen LogP contribution in [-0.2, 0) is 6.54 Å². The van der Waals surface area contributed by atoms with Crippen molar-refractivity contribution in [2.75, 3.05) is 0 Å². The van der Waals surface area contributed by atoms with Gasteiger partial charge in [0.05, 0.1) is 11.5 Å². The predicted octanol–water partition coefficient (Wildman–Crippen LogP) is 1.54. The number of nitrogens with zero attached hydrogens (tertiary/aromatic N) is 3. The van der Waals surface area contributed by atoms with Crippen LogP contribution in [0.3, 0.4) is 0 Å². The van der Waals surface area contributed by atoms with Crippen molar-refractivity contribution in [2.45, 2.75) is 6.54 Å². The molecule has 0 aliphatic carbocycles. The molecule has 2 rings (SSSR count). The lowest BCUT2D eigenvalue weighted by Gasteiger charge is -2.03. The number of hydrogen-bond acceptors (Lipinski definition) is 4. The molecule has 7 heteroatoms. The third-order valence-corrected chi connectivity index (χ3v) is 2.39. The molecule has 0 unspecified atom stereocenters. The molecule has 0 bridgehead atoms. The molecule has 0 amide bonds. The summed E-state index contributed by atoms with van der Waals surface area (Å²) in [5, 5.41) is 23.4. The number of rotatable bonds is 4. The summed E-state index contributed by atoms with van der Waals surface area (Å²) >= 11 is 0. The van der Waals surface area contributed by atoms with Crippen LogP contribution in [0.1, 0.15) is 16.1 Å². The molecular formula is C11H9N3O4. The first-order valence-corrected chi connectivity index (χ1v) is 5.07. The second-order valence-corrected chi connectivity index (χ2v) is 3.58. The molecule has 1 aromatic heterocycles. The van der Waals surface area contributed by atoms with Gasteiger partial charge in [-0.2, -0.15) is 5.10 Å². The molecule has 0 saturated heterocycles. The van der Waals surface area contributed by atoms with E-state index in [1.165, 1.54) is 0 Å². The van der Waals surface area contributed by atoms with Crippen molar-refractivity contribution in [3.8, 4) is 0 Å². The summed E-state index contributed by atoms with van der Waals surface area (Å²) in [4.78, 5) is 21.0. The van der Waals surface area contributed by atoms with Crippen molar-refractivity contribution < 1.29 is 14.8 Å². The second-order valence-electron chi connectivity index (χ2n) is 3.58. The van der Waals surface area contributed by atoms with Crippen LogP contribution in [0.2, 0.25) is 0 Å². The molecule has 0 radical (unpaired) electrons. The quantitative estimate of drug-likeness (QED) is 0.652. The van der Waals surface area contributed by atoms with E-state index in [9.17, 15) is 14.9 Å². The number of carboxylic acids is 1. The number of benzene rings is 1. The average Bonchev–Trinajstić information content (AvgIpc) is 2.74. The Labute approximate surface area is 101 Å².